The number of nitrogens with two attached hydrogens (primary N) is 1. The van der Waals surface area contributed by atoms with Crippen molar-refractivity contribution in [2.75, 3.05) is 18.8 Å². The van der Waals surface area contributed by atoms with E-state index in [0.29, 0.717) is 6.54 Å². The van der Waals surface area contributed by atoms with Crippen LogP contribution in [0.5, 0.6) is 0 Å². The molecule has 0 radical (unpaired) electrons. The Kier molecular flexibility index (Phi) is 3.42. The maximum atomic E-state index is 12.5. The van der Waals surface area contributed by atoms with Crippen molar-refractivity contribution >= 4 is 11.6 Å². The highest BCUT2D eigenvalue weighted by Gasteiger charge is 2.29. The van der Waals surface area contributed by atoms with Crippen molar-refractivity contribution in [3.8, 4) is 0 Å². The summed E-state index contributed by atoms with van der Waals surface area (Å²) >= 11 is 0. The third kappa shape index (κ3) is 2.45. The minimum Gasteiger partial charge on any atom is -0.398 e. The molecule has 102 valence electrons. The molecule has 1 aromatic rings. The summed E-state index contributed by atoms with van der Waals surface area (Å²) in [6, 6.07) is 5.91. The summed E-state index contributed by atoms with van der Waals surface area (Å²) in [5, 5.41) is 3.34. The molecule has 19 heavy (non-hydrogen) atoms. The average Bonchev–Trinajstić information content (AvgIpc) is 2.47. The SMILES string of the molecule is Nc1cccc2c1CN[C@H](C(=O)N1CCCCC1)C2. The summed E-state index contributed by atoms with van der Waals surface area (Å²) in [5.74, 6) is 0.257. The Hall–Kier alpha value is -1.55. The van der Waals surface area contributed by atoms with E-state index in [1.54, 1.807) is 0 Å². The zero-order chi connectivity index (χ0) is 13.2. The molecule has 0 bridgehead atoms. The van der Waals surface area contributed by atoms with Crippen LogP contribution in [0.3, 0.4) is 0 Å². The Balaban J connectivity index is 1.73. The van der Waals surface area contributed by atoms with Crippen molar-refractivity contribution in [2.24, 2.45) is 0 Å². The Morgan fingerprint density at radius 2 is 2.05 bits per heavy atom. The molecule has 3 rings (SSSR count). The number of likely N-dealkylation sites (tertiary alicyclic amines) is 1. The number of rotatable bonds is 1. The van der Waals surface area contributed by atoms with Crippen molar-refractivity contribution in [1.82, 2.24) is 10.2 Å². The molecule has 0 spiro atoms. The number of nitrogens with zero attached hydrogens (tertiary/aromatic N) is 1. The molecule has 1 amide bonds. The van der Waals surface area contributed by atoms with Crippen LogP contribution in [0.1, 0.15) is 30.4 Å². The van der Waals surface area contributed by atoms with Crippen molar-refractivity contribution in [3.05, 3.63) is 29.3 Å². The highest BCUT2D eigenvalue weighted by Crippen LogP contribution is 2.23. The predicted octanol–water partition coefficient (Wildman–Crippen LogP) is 1.30. The van der Waals surface area contributed by atoms with Gasteiger partial charge in [0.25, 0.3) is 0 Å². The molecular weight excluding hydrogens is 238 g/mol. The fourth-order valence-corrected chi connectivity index (χ4v) is 3.09. The topological polar surface area (TPSA) is 58.4 Å². The molecule has 1 saturated heterocycles. The van der Waals surface area contributed by atoms with Crippen LogP contribution in [0, 0.1) is 0 Å². The number of hydrogen-bond donors (Lipinski definition) is 2. The molecule has 0 unspecified atom stereocenters. The lowest BCUT2D eigenvalue weighted by Gasteiger charge is -2.33. The first-order chi connectivity index (χ1) is 9.25. The second kappa shape index (κ2) is 5.21. The maximum Gasteiger partial charge on any atom is 0.240 e. The van der Waals surface area contributed by atoms with E-state index in [4.69, 9.17) is 5.73 Å². The van der Waals surface area contributed by atoms with Gasteiger partial charge in [0.15, 0.2) is 0 Å². The number of piperidine rings is 1. The summed E-state index contributed by atoms with van der Waals surface area (Å²) < 4.78 is 0. The van der Waals surface area contributed by atoms with E-state index in [1.165, 1.54) is 12.0 Å². The molecule has 4 nitrogen and oxygen atoms in total. The van der Waals surface area contributed by atoms with Gasteiger partial charge < -0.3 is 16.0 Å². The van der Waals surface area contributed by atoms with Crippen molar-refractivity contribution < 1.29 is 4.79 Å². The third-order valence-electron chi connectivity index (χ3n) is 4.22. The lowest BCUT2D eigenvalue weighted by molar-refractivity contribution is -0.134. The van der Waals surface area contributed by atoms with Gasteiger partial charge in [0.05, 0.1) is 6.04 Å². The molecule has 0 saturated carbocycles. The van der Waals surface area contributed by atoms with Gasteiger partial charge in [-0.05, 0) is 42.9 Å². The van der Waals surface area contributed by atoms with Crippen molar-refractivity contribution in [2.45, 2.75) is 38.3 Å². The first-order valence-electron chi connectivity index (χ1n) is 7.14. The summed E-state index contributed by atoms with van der Waals surface area (Å²) in [6.07, 6.45) is 4.29. The number of anilines is 1. The van der Waals surface area contributed by atoms with Crippen LogP contribution < -0.4 is 11.1 Å². The van der Waals surface area contributed by atoms with Crippen molar-refractivity contribution in [3.63, 3.8) is 0 Å². The first-order valence-corrected chi connectivity index (χ1v) is 7.14. The van der Waals surface area contributed by atoms with E-state index in [-0.39, 0.29) is 11.9 Å². The number of benzene rings is 1. The second-order valence-corrected chi connectivity index (χ2v) is 5.51. The fraction of sp³-hybridized carbons (Fsp3) is 0.533. The highest BCUT2D eigenvalue weighted by molar-refractivity contribution is 5.83. The van der Waals surface area contributed by atoms with Crippen LogP contribution in [0.4, 0.5) is 5.69 Å². The molecule has 2 heterocycles. The number of carbonyl (C=O) groups is 1. The average molecular weight is 259 g/mol. The minimum atomic E-state index is -0.0765. The third-order valence-corrected chi connectivity index (χ3v) is 4.22. The van der Waals surface area contributed by atoms with Crippen LogP contribution in [0.2, 0.25) is 0 Å². The van der Waals surface area contributed by atoms with E-state index in [0.717, 1.165) is 43.6 Å². The van der Waals surface area contributed by atoms with Crippen LogP contribution in [-0.2, 0) is 17.8 Å². The Morgan fingerprint density at radius 3 is 2.84 bits per heavy atom. The quantitative estimate of drug-likeness (QED) is 0.747. The Bertz CT molecular complexity index is 480. The number of hydrogen-bond acceptors (Lipinski definition) is 3. The lowest BCUT2D eigenvalue weighted by Crippen LogP contribution is -2.50. The molecule has 0 aromatic heterocycles. The van der Waals surface area contributed by atoms with Gasteiger partial charge in [-0.25, -0.2) is 0 Å². The summed E-state index contributed by atoms with van der Waals surface area (Å²) in [5.41, 5.74) is 9.17. The second-order valence-electron chi connectivity index (χ2n) is 5.51. The van der Waals surface area contributed by atoms with E-state index in [1.807, 2.05) is 17.0 Å². The number of nitrogen functional groups attached to an aromatic ring is 1. The van der Waals surface area contributed by atoms with Gasteiger partial charge in [0, 0.05) is 25.3 Å². The van der Waals surface area contributed by atoms with E-state index in [2.05, 4.69) is 11.4 Å². The standard InChI is InChI=1S/C15H21N3O/c16-13-6-4-5-11-9-14(17-10-12(11)13)15(19)18-7-2-1-3-8-18/h4-6,14,17H,1-3,7-10,16H2/t14-/m0/s1. The molecule has 0 aliphatic carbocycles. The molecule has 1 aromatic carbocycles. The Labute approximate surface area is 114 Å². The molecule has 1 atom stereocenters. The highest BCUT2D eigenvalue weighted by atomic mass is 16.2. The van der Waals surface area contributed by atoms with Gasteiger partial charge in [-0.3, -0.25) is 4.79 Å². The smallest absolute Gasteiger partial charge is 0.240 e. The zero-order valence-corrected chi connectivity index (χ0v) is 11.2. The summed E-state index contributed by atoms with van der Waals surface area (Å²) in [7, 11) is 0. The largest absolute Gasteiger partial charge is 0.398 e. The zero-order valence-electron chi connectivity index (χ0n) is 11.2. The van der Waals surface area contributed by atoms with Crippen LogP contribution in [0.15, 0.2) is 18.2 Å². The van der Waals surface area contributed by atoms with E-state index >= 15 is 0 Å². The first kappa shape index (κ1) is 12.5. The molecule has 2 aliphatic heterocycles. The van der Waals surface area contributed by atoms with Gasteiger partial charge in [0.1, 0.15) is 0 Å². The number of amides is 1. The van der Waals surface area contributed by atoms with Gasteiger partial charge in [-0.2, -0.15) is 0 Å². The lowest BCUT2D eigenvalue weighted by atomic mass is 9.93. The normalized spacial score (nSPS) is 22.9. The minimum absolute atomic E-state index is 0.0765. The fourth-order valence-electron chi connectivity index (χ4n) is 3.09. The number of nitrogens with one attached hydrogen (secondary N) is 1. The summed E-state index contributed by atoms with van der Waals surface area (Å²) in [6.45, 7) is 2.54. The van der Waals surface area contributed by atoms with Gasteiger partial charge in [-0.15, -0.1) is 0 Å². The van der Waals surface area contributed by atoms with Crippen molar-refractivity contribution in [1.29, 1.82) is 0 Å². The summed E-state index contributed by atoms with van der Waals surface area (Å²) in [4.78, 5) is 14.5. The molecule has 2 aliphatic rings. The predicted molar refractivity (Wildman–Crippen MR) is 75.6 cm³/mol. The monoisotopic (exact) mass is 259 g/mol. The maximum absolute atomic E-state index is 12.5. The van der Waals surface area contributed by atoms with E-state index in [9.17, 15) is 4.79 Å². The molecule has 3 N–H and O–H groups in total. The molecular formula is C15H21N3O. The van der Waals surface area contributed by atoms with E-state index < -0.39 is 0 Å². The van der Waals surface area contributed by atoms with Crippen LogP contribution >= 0.6 is 0 Å². The van der Waals surface area contributed by atoms with Crippen LogP contribution in [0.25, 0.3) is 0 Å². The van der Waals surface area contributed by atoms with Gasteiger partial charge in [-0.1, -0.05) is 12.1 Å². The number of carbonyl (C=O) groups excluding carboxylic acids is 1. The van der Waals surface area contributed by atoms with Crippen LogP contribution in [-0.4, -0.2) is 29.9 Å². The number of fused-ring (bicyclic) bond motifs is 1. The van der Waals surface area contributed by atoms with Gasteiger partial charge >= 0.3 is 0 Å². The van der Waals surface area contributed by atoms with Gasteiger partial charge in [0.2, 0.25) is 5.91 Å². The molecule has 1 fully saturated rings. The Morgan fingerprint density at radius 1 is 1.26 bits per heavy atom. The molecule has 4 heteroatoms.